The number of carbonyl (C=O) groups is 1. The minimum absolute atomic E-state index is 0.130. The van der Waals surface area contributed by atoms with Gasteiger partial charge in [-0.1, -0.05) is 15.9 Å². The van der Waals surface area contributed by atoms with Gasteiger partial charge in [-0.2, -0.15) is 22.0 Å². The lowest BCUT2D eigenvalue weighted by Crippen LogP contribution is -2.24. The highest BCUT2D eigenvalue weighted by Gasteiger charge is 2.29. The number of rotatable bonds is 8. The van der Waals surface area contributed by atoms with Gasteiger partial charge in [0.15, 0.2) is 6.61 Å². The Bertz CT molecular complexity index is 939. The van der Waals surface area contributed by atoms with Crippen LogP contribution in [0.3, 0.4) is 0 Å². The van der Waals surface area contributed by atoms with Crippen molar-refractivity contribution in [2.45, 2.75) is 19.3 Å². The largest absolute Gasteiger partial charge is 0.484 e. The normalized spacial score (nSPS) is 11.3. The van der Waals surface area contributed by atoms with E-state index in [1.807, 2.05) is 0 Å². The van der Waals surface area contributed by atoms with Crippen molar-refractivity contribution in [3.05, 3.63) is 62.1 Å². The summed E-state index contributed by atoms with van der Waals surface area (Å²) in [4.78, 5) is 22.7. The fourth-order valence-electron chi connectivity index (χ4n) is 2.28. The highest BCUT2D eigenvalue weighted by atomic mass is 79.9. The number of ether oxygens (including phenoxy) is 2. The smallest absolute Gasteiger partial charge is 0.422 e. The minimum Gasteiger partial charge on any atom is -0.484 e. The first-order chi connectivity index (χ1) is 14.0. The highest BCUT2D eigenvalue weighted by molar-refractivity contribution is 9.10. The van der Waals surface area contributed by atoms with Crippen molar-refractivity contribution in [3.8, 4) is 11.5 Å². The van der Waals surface area contributed by atoms with Gasteiger partial charge in [-0.15, -0.1) is 0 Å². The molecule has 0 aliphatic carbocycles. The van der Waals surface area contributed by atoms with E-state index >= 15 is 0 Å². The Morgan fingerprint density at radius 2 is 1.90 bits per heavy atom. The van der Waals surface area contributed by atoms with Crippen LogP contribution < -0.4 is 14.8 Å². The second-order valence-corrected chi connectivity index (χ2v) is 6.57. The SMILES string of the molecule is O=C(NCc1cc(Br)ccc1OC(F)F)c1cc(OCC(F)(F)F)ccc1[N+](=O)[O-]. The molecule has 0 radical (unpaired) electrons. The molecule has 0 heterocycles. The number of nitrogens with zero attached hydrogens (tertiary/aromatic N) is 1. The molecule has 2 rings (SSSR count). The van der Waals surface area contributed by atoms with E-state index < -0.39 is 47.2 Å². The summed E-state index contributed by atoms with van der Waals surface area (Å²) in [6, 6.07) is 6.57. The van der Waals surface area contributed by atoms with Crippen LogP contribution >= 0.6 is 15.9 Å². The number of carbonyl (C=O) groups excluding carboxylic acids is 1. The maximum Gasteiger partial charge on any atom is 0.422 e. The van der Waals surface area contributed by atoms with Gasteiger partial charge in [-0.3, -0.25) is 14.9 Å². The standard InChI is InChI=1S/C17H12BrF5N2O5/c18-10-1-4-14(30-16(19)20)9(5-10)7-24-15(26)12-6-11(29-8-17(21,22)23)2-3-13(12)25(27)28/h1-6,16H,7-8H2,(H,24,26). The van der Waals surface area contributed by atoms with E-state index in [2.05, 4.69) is 30.7 Å². The molecule has 0 aliphatic heterocycles. The number of alkyl halides is 5. The zero-order valence-electron chi connectivity index (χ0n) is 14.7. The Balaban J connectivity index is 2.23. The number of nitro groups is 1. The molecule has 2 aromatic rings. The molecule has 0 fully saturated rings. The van der Waals surface area contributed by atoms with Crippen LogP contribution in [0.4, 0.5) is 27.6 Å². The zero-order valence-corrected chi connectivity index (χ0v) is 16.3. The number of hydrogen-bond acceptors (Lipinski definition) is 5. The molecule has 0 aliphatic rings. The number of halogens is 6. The third-order valence-electron chi connectivity index (χ3n) is 3.49. The van der Waals surface area contributed by atoms with Gasteiger partial charge in [-0.25, -0.2) is 0 Å². The summed E-state index contributed by atoms with van der Waals surface area (Å²) < 4.78 is 71.3. The Hall–Kier alpha value is -2.96. The number of amides is 1. The molecule has 2 aromatic carbocycles. The van der Waals surface area contributed by atoms with Gasteiger partial charge >= 0.3 is 12.8 Å². The van der Waals surface area contributed by atoms with Crippen molar-refractivity contribution < 1.29 is 41.1 Å². The van der Waals surface area contributed by atoms with E-state index in [-0.39, 0.29) is 17.9 Å². The molecule has 0 aromatic heterocycles. The topological polar surface area (TPSA) is 90.7 Å². The molecule has 13 heteroatoms. The van der Waals surface area contributed by atoms with E-state index in [1.165, 1.54) is 18.2 Å². The van der Waals surface area contributed by atoms with Crippen LogP contribution in [0, 0.1) is 10.1 Å². The van der Waals surface area contributed by atoms with E-state index in [0.717, 1.165) is 18.2 Å². The Morgan fingerprint density at radius 1 is 1.20 bits per heavy atom. The summed E-state index contributed by atoms with van der Waals surface area (Å²) in [6.07, 6.45) is -4.65. The minimum atomic E-state index is -4.65. The third kappa shape index (κ3) is 6.83. The van der Waals surface area contributed by atoms with Crippen molar-refractivity contribution in [1.29, 1.82) is 0 Å². The predicted octanol–water partition coefficient (Wildman–Crippen LogP) is 4.83. The fourth-order valence-corrected chi connectivity index (χ4v) is 2.69. The molecule has 7 nitrogen and oxygen atoms in total. The number of hydrogen-bond donors (Lipinski definition) is 1. The van der Waals surface area contributed by atoms with Crippen molar-refractivity contribution in [2.24, 2.45) is 0 Å². The lowest BCUT2D eigenvalue weighted by molar-refractivity contribution is -0.385. The van der Waals surface area contributed by atoms with Crippen LogP contribution in [-0.4, -0.2) is 30.2 Å². The van der Waals surface area contributed by atoms with Gasteiger partial charge in [-0.05, 0) is 30.3 Å². The average Bonchev–Trinajstić information content (AvgIpc) is 2.65. The molecule has 0 saturated carbocycles. The molecule has 1 N–H and O–H groups in total. The van der Waals surface area contributed by atoms with Gasteiger partial charge in [0.1, 0.15) is 17.1 Å². The fraction of sp³-hybridized carbons (Fsp3) is 0.235. The molecular weight excluding hydrogens is 487 g/mol. The van der Waals surface area contributed by atoms with Gasteiger partial charge in [0.05, 0.1) is 4.92 Å². The monoisotopic (exact) mass is 498 g/mol. The summed E-state index contributed by atoms with van der Waals surface area (Å²) in [6.45, 7) is -5.13. The van der Waals surface area contributed by atoms with E-state index in [9.17, 15) is 36.9 Å². The second kappa shape index (κ2) is 9.69. The van der Waals surface area contributed by atoms with Crippen molar-refractivity contribution in [2.75, 3.05) is 6.61 Å². The Kier molecular flexibility index (Phi) is 7.54. The lowest BCUT2D eigenvalue weighted by atomic mass is 10.1. The van der Waals surface area contributed by atoms with E-state index in [4.69, 9.17) is 0 Å². The van der Waals surface area contributed by atoms with Crippen molar-refractivity contribution in [1.82, 2.24) is 5.32 Å². The third-order valence-corrected chi connectivity index (χ3v) is 3.98. The number of benzene rings is 2. The van der Waals surface area contributed by atoms with Crippen LogP contribution in [0.15, 0.2) is 40.9 Å². The Labute approximate surface area is 174 Å². The molecule has 0 atom stereocenters. The highest BCUT2D eigenvalue weighted by Crippen LogP contribution is 2.27. The Morgan fingerprint density at radius 3 is 2.50 bits per heavy atom. The van der Waals surface area contributed by atoms with Crippen LogP contribution in [-0.2, 0) is 6.54 Å². The summed E-state index contributed by atoms with van der Waals surface area (Å²) in [5, 5.41) is 13.4. The van der Waals surface area contributed by atoms with Crippen molar-refractivity contribution in [3.63, 3.8) is 0 Å². The lowest BCUT2D eigenvalue weighted by Gasteiger charge is -2.13. The maximum atomic E-state index is 12.5. The number of nitrogens with one attached hydrogen (secondary N) is 1. The van der Waals surface area contributed by atoms with Crippen LogP contribution in [0.1, 0.15) is 15.9 Å². The summed E-state index contributed by atoms with van der Waals surface area (Å²) >= 11 is 3.13. The first-order valence-electron chi connectivity index (χ1n) is 7.95. The van der Waals surface area contributed by atoms with Crippen molar-refractivity contribution >= 4 is 27.5 Å². The van der Waals surface area contributed by atoms with E-state index in [0.29, 0.717) is 4.47 Å². The summed E-state index contributed by atoms with van der Waals surface area (Å²) in [5.41, 5.74) is -1.11. The van der Waals surface area contributed by atoms with Crippen LogP contribution in [0.5, 0.6) is 11.5 Å². The average molecular weight is 499 g/mol. The molecule has 0 unspecified atom stereocenters. The van der Waals surface area contributed by atoms with Gasteiger partial charge < -0.3 is 14.8 Å². The molecule has 162 valence electrons. The summed E-state index contributed by atoms with van der Waals surface area (Å²) in [5.74, 6) is -1.67. The quantitative estimate of drug-likeness (QED) is 0.319. The molecule has 1 amide bonds. The summed E-state index contributed by atoms with van der Waals surface area (Å²) in [7, 11) is 0. The van der Waals surface area contributed by atoms with E-state index in [1.54, 1.807) is 0 Å². The van der Waals surface area contributed by atoms with Gasteiger partial charge in [0, 0.05) is 22.6 Å². The molecular formula is C17H12BrF5N2O5. The molecule has 30 heavy (non-hydrogen) atoms. The second-order valence-electron chi connectivity index (χ2n) is 5.65. The zero-order chi connectivity index (χ0) is 22.5. The van der Waals surface area contributed by atoms with Crippen LogP contribution in [0.25, 0.3) is 0 Å². The molecule has 0 spiro atoms. The van der Waals surface area contributed by atoms with Gasteiger partial charge in [0.2, 0.25) is 0 Å². The molecule has 0 bridgehead atoms. The number of nitro benzene ring substituents is 1. The van der Waals surface area contributed by atoms with Gasteiger partial charge in [0.25, 0.3) is 11.6 Å². The first kappa shape index (κ1) is 23.3. The predicted molar refractivity (Wildman–Crippen MR) is 96.6 cm³/mol. The van der Waals surface area contributed by atoms with Crippen LogP contribution in [0.2, 0.25) is 0 Å². The first-order valence-corrected chi connectivity index (χ1v) is 8.75. The maximum absolute atomic E-state index is 12.5. The molecule has 0 saturated heterocycles.